The highest BCUT2D eigenvalue weighted by Gasteiger charge is 2.24. The van der Waals surface area contributed by atoms with E-state index in [-0.39, 0.29) is 24.3 Å². The number of rotatable bonds is 10. The molecule has 0 aliphatic rings. The lowest BCUT2D eigenvalue weighted by Gasteiger charge is -2.22. The van der Waals surface area contributed by atoms with E-state index in [4.69, 9.17) is 9.47 Å². The maximum Gasteiger partial charge on any atom is 0.258 e. The standard InChI is InChI=1S/C23H30N2O4/c1-16(2)22(25-21(26)15-29-19-8-6-5-7-9-19)23(27)24-13-12-18-14-17(3)10-11-20(18)28-4/h5-11,14,16,22H,12-13,15H2,1-4H3,(H,24,27)(H,25,26)/t22-/m0/s1. The molecular weight excluding hydrogens is 368 g/mol. The van der Waals surface area contributed by atoms with E-state index in [1.54, 1.807) is 19.2 Å². The number of carbonyl (C=O) groups excluding carboxylic acids is 2. The average molecular weight is 399 g/mol. The van der Waals surface area contributed by atoms with Gasteiger partial charge in [-0.25, -0.2) is 0 Å². The summed E-state index contributed by atoms with van der Waals surface area (Å²) < 4.78 is 10.8. The van der Waals surface area contributed by atoms with Crippen LogP contribution in [-0.4, -0.2) is 38.1 Å². The minimum absolute atomic E-state index is 0.0517. The first kappa shape index (κ1) is 22.3. The molecule has 1 atom stereocenters. The Bertz CT molecular complexity index is 806. The molecule has 0 bridgehead atoms. The van der Waals surface area contributed by atoms with Crippen LogP contribution in [0, 0.1) is 12.8 Å². The fourth-order valence-electron chi connectivity index (χ4n) is 2.95. The maximum absolute atomic E-state index is 12.6. The molecule has 0 saturated carbocycles. The second-order valence-electron chi connectivity index (χ2n) is 7.25. The number of nitrogens with one attached hydrogen (secondary N) is 2. The van der Waals surface area contributed by atoms with Gasteiger partial charge in [0.15, 0.2) is 6.61 Å². The van der Waals surface area contributed by atoms with Crippen LogP contribution in [0.4, 0.5) is 0 Å². The lowest BCUT2D eigenvalue weighted by Crippen LogP contribution is -2.51. The molecule has 6 heteroatoms. The predicted octanol–water partition coefficient (Wildman–Crippen LogP) is 2.88. The summed E-state index contributed by atoms with van der Waals surface area (Å²) in [4.78, 5) is 24.8. The molecule has 2 aromatic carbocycles. The van der Waals surface area contributed by atoms with Crippen molar-refractivity contribution in [1.29, 1.82) is 0 Å². The summed E-state index contributed by atoms with van der Waals surface area (Å²) in [7, 11) is 1.63. The lowest BCUT2D eigenvalue weighted by atomic mass is 10.0. The summed E-state index contributed by atoms with van der Waals surface area (Å²) in [6.07, 6.45) is 0.645. The summed E-state index contributed by atoms with van der Waals surface area (Å²) in [5.41, 5.74) is 2.17. The van der Waals surface area contributed by atoms with Crippen molar-refractivity contribution in [1.82, 2.24) is 10.6 Å². The van der Waals surface area contributed by atoms with Gasteiger partial charge in [0.1, 0.15) is 17.5 Å². The van der Waals surface area contributed by atoms with Crippen molar-refractivity contribution in [3.05, 3.63) is 59.7 Å². The zero-order chi connectivity index (χ0) is 21.2. The summed E-state index contributed by atoms with van der Waals surface area (Å²) in [6, 6.07) is 14.4. The number of methoxy groups -OCH3 is 1. The van der Waals surface area contributed by atoms with Gasteiger partial charge in [0.2, 0.25) is 5.91 Å². The molecule has 0 aliphatic carbocycles. The van der Waals surface area contributed by atoms with Crippen molar-refractivity contribution in [2.75, 3.05) is 20.3 Å². The molecular formula is C23H30N2O4. The lowest BCUT2D eigenvalue weighted by molar-refractivity contribution is -0.131. The van der Waals surface area contributed by atoms with Crippen molar-refractivity contribution in [2.24, 2.45) is 5.92 Å². The first-order valence-corrected chi connectivity index (χ1v) is 9.79. The smallest absolute Gasteiger partial charge is 0.258 e. The van der Waals surface area contributed by atoms with E-state index in [0.717, 1.165) is 16.9 Å². The quantitative estimate of drug-likeness (QED) is 0.645. The average Bonchev–Trinajstić information content (AvgIpc) is 2.71. The number of hydrogen-bond donors (Lipinski definition) is 2. The van der Waals surface area contributed by atoms with Gasteiger partial charge in [0.25, 0.3) is 5.91 Å². The second kappa shape index (κ2) is 11.1. The van der Waals surface area contributed by atoms with Gasteiger partial charge in [-0.05, 0) is 43.0 Å². The molecule has 0 fully saturated rings. The Morgan fingerprint density at radius 1 is 1.07 bits per heavy atom. The fraction of sp³-hybridized carbons (Fsp3) is 0.391. The Hall–Kier alpha value is -3.02. The van der Waals surface area contributed by atoms with Crippen LogP contribution < -0.4 is 20.1 Å². The SMILES string of the molecule is COc1ccc(C)cc1CCNC(=O)[C@@H](NC(=O)COc1ccccc1)C(C)C. The van der Waals surface area contributed by atoms with E-state index < -0.39 is 6.04 Å². The molecule has 0 aromatic heterocycles. The van der Waals surface area contributed by atoms with Gasteiger partial charge in [-0.3, -0.25) is 9.59 Å². The van der Waals surface area contributed by atoms with Gasteiger partial charge in [0, 0.05) is 6.54 Å². The van der Waals surface area contributed by atoms with Crippen LogP contribution in [-0.2, 0) is 16.0 Å². The molecule has 0 heterocycles. The monoisotopic (exact) mass is 398 g/mol. The van der Waals surface area contributed by atoms with Crippen molar-refractivity contribution >= 4 is 11.8 Å². The minimum Gasteiger partial charge on any atom is -0.496 e. The zero-order valence-corrected chi connectivity index (χ0v) is 17.5. The van der Waals surface area contributed by atoms with Gasteiger partial charge >= 0.3 is 0 Å². The van der Waals surface area contributed by atoms with E-state index in [0.29, 0.717) is 18.7 Å². The molecule has 6 nitrogen and oxygen atoms in total. The van der Waals surface area contributed by atoms with Crippen LogP contribution in [0.3, 0.4) is 0 Å². The predicted molar refractivity (Wildman–Crippen MR) is 113 cm³/mol. The van der Waals surface area contributed by atoms with Crippen LogP contribution in [0.1, 0.15) is 25.0 Å². The van der Waals surface area contributed by atoms with Crippen LogP contribution in [0.2, 0.25) is 0 Å². The van der Waals surface area contributed by atoms with E-state index >= 15 is 0 Å². The molecule has 0 radical (unpaired) electrons. The third-order valence-electron chi connectivity index (χ3n) is 4.51. The van der Waals surface area contributed by atoms with Crippen LogP contribution in [0.15, 0.2) is 48.5 Å². The number of hydrogen-bond acceptors (Lipinski definition) is 4. The molecule has 0 aliphatic heterocycles. The zero-order valence-electron chi connectivity index (χ0n) is 17.5. The van der Waals surface area contributed by atoms with Crippen molar-refractivity contribution in [3.63, 3.8) is 0 Å². The molecule has 156 valence electrons. The van der Waals surface area contributed by atoms with E-state index in [2.05, 4.69) is 10.6 Å². The summed E-state index contributed by atoms with van der Waals surface area (Å²) >= 11 is 0. The molecule has 29 heavy (non-hydrogen) atoms. The number of para-hydroxylation sites is 1. The van der Waals surface area contributed by atoms with Crippen LogP contribution >= 0.6 is 0 Å². The highest BCUT2D eigenvalue weighted by molar-refractivity contribution is 5.88. The van der Waals surface area contributed by atoms with Gasteiger partial charge < -0.3 is 20.1 Å². The Morgan fingerprint density at radius 2 is 1.79 bits per heavy atom. The number of ether oxygens (including phenoxy) is 2. The van der Waals surface area contributed by atoms with Gasteiger partial charge in [-0.1, -0.05) is 49.7 Å². The maximum atomic E-state index is 12.6. The summed E-state index contributed by atoms with van der Waals surface area (Å²) in [5.74, 6) is 0.823. The Kier molecular flexibility index (Phi) is 8.52. The first-order chi connectivity index (χ1) is 13.9. The van der Waals surface area contributed by atoms with Crippen molar-refractivity contribution < 1.29 is 19.1 Å². The van der Waals surface area contributed by atoms with Crippen molar-refractivity contribution in [2.45, 2.75) is 33.2 Å². The van der Waals surface area contributed by atoms with E-state index in [1.807, 2.05) is 57.2 Å². The van der Waals surface area contributed by atoms with Crippen LogP contribution in [0.5, 0.6) is 11.5 Å². The molecule has 2 aromatic rings. The number of benzene rings is 2. The third-order valence-corrected chi connectivity index (χ3v) is 4.51. The molecule has 0 saturated heterocycles. The minimum atomic E-state index is -0.624. The Morgan fingerprint density at radius 3 is 2.45 bits per heavy atom. The summed E-state index contributed by atoms with van der Waals surface area (Å²) in [6.45, 7) is 6.13. The van der Waals surface area contributed by atoms with Gasteiger partial charge in [-0.2, -0.15) is 0 Å². The largest absolute Gasteiger partial charge is 0.496 e. The molecule has 2 N–H and O–H groups in total. The normalized spacial score (nSPS) is 11.6. The summed E-state index contributed by atoms with van der Waals surface area (Å²) in [5, 5.41) is 5.68. The Balaban J connectivity index is 1.85. The number of amides is 2. The van der Waals surface area contributed by atoms with Crippen LogP contribution in [0.25, 0.3) is 0 Å². The molecule has 2 amide bonds. The number of aryl methyl sites for hydroxylation is 1. The van der Waals surface area contributed by atoms with Gasteiger partial charge in [-0.15, -0.1) is 0 Å². The number of carbonyl (C=O) groups is 2. The van der Waals surface area contributed by atoms with Gasteiger partial charge in [0.05, 0.1) is 7.11 Å². The Labute approximate surface area is 172 Å². The highest BCUT2D eigenvalue weighted by atomic mass is 16.5. The second-order valence-corrected chi connectivity index (χ2v) is 7.25. The molecule has 2 rings (SSSR count). The fourth-order valence-corrected chi connectivity index (χ4v) is 2.95. The van der Waals surface area contributed by atoms with E-state index in [9.17, 15) is 9.59 Å². The van der Waals surface area contributed by atoms with E-state index in [1.165, 1.54) is 0 Å². The third kappa shape index (κ3) is 7.14. The highest BCUT2D eigenvalue weighted by Crippen LogP contribution is 2.19. The van der Waals surface area contributed by atoms with Crippen molar-refractivity contribution in [3.8, 4) is 11.5 Å². The molecule has 0 unspecified atom stereocenters. The topological polar surface area (TPSA) is 76.7 Å². The molecule has 0 spiro atoms. The first-order valence-electron chi connectivity index (χ1n) is 9.79.